The molecule has 0 saturated carbocycles. The number of rotatable bonds is 5. The molecule has 0 unspecified atom stereocenters. The second-order valence-corrected chi connectivity index (χ2v) is 4.47. The monoisotopic (exact) mass is 281 g/mol. The molecule has 2 aromatic rings. The molecule has 2 rings (SSSR count). The van der Waals surface area contributed by atoms with Crippen LogP contribution < -0.4 is 5.73 Å². The van der Waals surface area contributed by atoms with Gasteiger partial charge in [-0.2, -0.15) is 5.26 Å². The Morgan fingerprint density at radius 1 is 1.38 bits per heavy atom. The van der Waals surface area contributed by atoms with Crippen LogP contribution in [0, 0.1) is 11.3 Å². The van der Waals surface area contributed by atoms with Crippen molar-refractivity contribution in [3.63, 3.8) is 0 Å². The van der Waals surface area contributed by atoms with E-state index in [-0.39, 0.29) is 18.0 Å². The zero-order valence-electron chi connectivity index (χ0n) is 11.4. The van der Waals surface area contributed by atoms with Gasteiger partial charge >= 0.3 is 0 Å². The second-order valence-electron chi connectivity index (χ2n) is 4.47. The summed E-state index contributed by atoms with van der Waals surface area (Å²) in [6, 6.07) is 8.89. The molecule has 0 aromatic carbocycles. The van der Waals surface area contributed by atoms with Gasteiger partial charge in [0.25, 0.3) is 5.91 Å². The van der Waals surface area contributed by atoms with E-state index in [2.05, 4.69) is 9.97 Å². The van der Waals surface area contributed by atoms with E-state index in [9.17, 15) is 4.79 Å². The van der Waals surface area contributed by atoms with Gasteiger partial charge in [-0.25, -0.2) is 0 Å². The first kappa shape index (κ1) is 14.5. The second kappa shape index (κ2) is 7.01. The molecule has 6 heteroatoms. The molecule has 21 heavy (non-hydrogen) atoms. The normalized spacial score (nSPS) is 9.86. The van der Waals surface area contributed by atoms with Crippen molar-refractivity contribution < 1.29 is 4.79 Å². The summed E-state index contributed by atoms with van der Waals surface area (Å²) in [6.07, 6.45) is 5.12. The lowest BCUT2D eigenvalue weighted by Gasteiger charge is -2.21. The van der Waals surface area contributed by atoms with Gasteiger partial charge in [0.2, 0.25) is 0 Å². The Balaban J connectivity index is 2.19. The van der Waals surface area contributed by atoms with E-state index in [1.165, 1.54) is 12.3 Å². The van der Waals surface area contributed by atoms with Crippen molar-refractivity contribution >= 4 is 11.6 Å². The molecule has 0 aliphatic carbocycles. The topological polar surface area (TPSA) is 95.9 Å². The molecule has 0 saturated heterocycles. The number of anilines is 1. The first-order chi connectivity index (χ1) is 10.2. The van der Waals surface area contributed by atoms with E-state index in [1.54, 1.807) is 29.4 Å². The first-order valence-electron chi connectivity index (χ1n) is 6.47. The van der Waals surface area contributed by atoms with Crippen LogP contribution in [0.3, 0.4) is 0 Å². The molecule has 0 bridgehead atoms. The number of hydrogen-bond donors (Lipinski definition) is 1. The Bertz CT molecular complexity index is 651. The average molecular weight is 281 g/mol. The number of pyridine rings is 2. The van der Waals surface area contributed by atoms with Gasteiger partial charge in [-0.15, -0.1) is 0 Å². The Hall–Kier alpha value is -2.94. The number of nitrogens with zero attached hydrogens (tertiary/aromatic N) is 4. The van der Waals surface area contributed by atoms with E-state index in [1.807, 2.05) is 12.1 Å². The Kier molecular flexibility index (Phi) is 4.83. The van der Waals surface area contributed by atoms with E-state index in [0.29, 0.717) is 18.8 Å². The number of carbonyl (C=O) groups is 1. The molecule has 0 aliphatic rings. The first-order valence-corrected chi connectivity index (χ1v) is 6.47. The Labute approximate surface area is 122 Å². The van der Waals surface area contributed by atoms with Gasteiger partial charge in [0.15, 0.2) is 0 Å². The van der Waals surface area contributed by atoms with Crippen LogP contribution in [0.25, 0.3) is 0 Å². The van der Waals surface area contributed by atoms with Gasteiger partial charge in [-0.1, -0.05) is 6.07 Å². The maximum Gasteiger partial charge on any atom is 0.272 e. The van der Waals surface area contributed by atoms with Gasteiger partial charge in [-0.3, -0.25) is 14.8 Å². The van der Waals surface area contributed by atoms with E-state index >= 15 is 0 Å². The van der Waals surface area contributed by atoms with Crippen LogP contribution in [-0.2, 0) is 6.54 Å². The smallest absolute Gasteiger partial charge is 0.272 e. The van der Waals surface area contributed by atoms with Crippen molar-refractivity contribution in [2.75, 3.05) is 12.3 Å². The molecule has 0 radical (unpaired) electrons. The van der Waals surface area contributed by atoms with Crippen LogP contribution in [-0.4, -0.2) is 27.3 Å². The number of nitrogen functional groups attached to an aromatic ring is 1. The highest BCUT2D eigenvalue weighted by molar-refractivity contribution is 5.93. The maximum absolute atomic E-state index is 12.5. The molecule has 2 aromatic heterocycles. The minimum atomic E-state index is -0.249. The fourth-order valence-electron chi connectivity index (χ4n) is 1.88. The molecule has 0 fully saturated rings. The van der Waals surface area contributed by atoms with Crippen molar-refractivity contribution in [2.24, 2.45) is 0 Å². The zero-order valence-corrected chi connectivity index (χ0v) is 11.4. The number of nitriles is 1. The number of carbonyl (C=O) groups excluding carboxylic acids is 1. The highest BCUT2D eigenvalue weighted by Gasteiger charge is 2.17. The third-order valence-corrected chi connectivity index (χ3v) is 2.88. The Morgan fingerprint density at radius 2 is 2.24 bits per heavy atom. The lowest BCUT2D eigenvalue weighted by molar-refractivity contribution is 0.0741. The fourth-order valence-corrected chi connectivity index (χ4v) is 1.88. The van der Waals surface area contributed by atoms with Crippen molar-refractivity contribution in [2.45, 2.75) is 13.0 Å². The van der Waals surface area contributed by atoms with Crippen molar-refractivity contribution in [3.05, 3.63) is 54.1 Å². The summed E-state index contributed by atoms with van der Waals surface area (Å²) in [5.41, 5.74) is 7.33. The molecule has 106 valence electrons. The number of amides is 1. The molecule has 0 atom stereocenters. The molecular formula is C15H15N5O. The van der Waals surface area contributed by atoms with Gasteiger partial charge in [0.05, 0.1) is 12.5 Å². The SMILES string of the molecule is N#CCCN(Cc1cccnc1)C(=O)c1cc(N)ccn1. The predicted octanol–water partition coefficient (Wildman–Crippen LogP) is 1.61. The van der Waals surface area contributed by atoms with Crippen LogP contribution >= 0.6 is 0 Å². The summed E-state index contributed by atoms with van der Waals surface area (Å²) in [5, 5.41) is 8.74. The summed E-state index contributed by atoms with van der Waals surface area (Å²) in [6.45, 7) is 0.714. The zero-order chi connectivity index (χ0) is 15.1. The summed E-state index contributed by atoms with van der Waals surface area (Å²) < 4.78 is 0. The molecule has 0 aliphatic heterocycles. The highest BCUT2D eigenvalue weighted by atomic mass is 16.2. The summed E-state index contributed by atoms with van der Waals surface area (Å²) in [4.78, 5) is 22.1. The summed E-state index contributed by atoms with van der Waals surface area (Å²) >= 11 is 0. The minimum Gasteiger partial charge on any atom is -0.399 e. The number of nitrogens with two attached hydrogens (primary N) is 1. The third kappa shape index (κ3) is 4.01. The van der Waals surface area contributed by atoms with Crippen LogP contribution in [0.15, 0.2) is 42.9 Å². The van der Waals surface area contributed by atoms with E-state index in [0.717, 1.165) is 5.56 Å². The van der Waals surface area contributed by atoms with Crippen molar-refractivity contribution in [1.29, 1.82) is 5.26 Å². The van der Waals surface area contributed by atoms with Crippen LogP contribution in [0.4, 0.5) is 5.69 Å². The lowest BCUT2D eigenvalue weighted by Crippen LogP contribution is -2.32. The standard InChI is InChI=1S/C15H15N5O/c16-5-2-8-20(11-12-3-1-6-18-10-12)15(21)14-9-13(17)4-7-19-14/h1,3-4,6-7,9-10H,2,8,11H2,(H2,17,19). The molecule has 2 heterocycles. The molecule has 2 N–H and O–H groups in total. The van der Waals surface area contributed by atoms with Gasteiger partial charge in [0.1, 0.15) is 5.69 Å². The highest BCUT2D eigenvalue weighted by Crippen LogP contribution is 2.10. The molecule has 6 nitrogen and oxygen atoms in total. The van der Waals surface area contributed by atoms with E-state index in [4.69, 9.17) is 11.0 Å². The van der Waals surface area contributed by atoms with Crippen LogP contribution in [0.2, 0.25) is 0 Å². The largest absolute Gasteiger partial charge is 0.399 e. The third-order valence-electron chi connectivity index (χ3n) is 2.88. The fraction of sp³-hybridized carbons (Fsp3) is 0.200. The summed E-state index contributed by atoms with van der Waals surface area (Å²) in [5.74, 6) is -0.249. The molecule has 0 spiro atoms. The molecule has 1 amide bonds. The quantitative estimate of drug-likeness (QED) is 0.898. The van der Waals surface area contributed by atoms with Gasteiger partial charge in [0, 0.05) is 37.4 Å². The average Bonchev–Trinajstić information content (AvgIpc) is 2.51. The van der Waals surface area contributed by atoms with Crippen molar-refractivity contribution in [1.82, 2.24) is 14.9 Å². The predicted molar refractivity (Wildman–Crippen MR) is 77.9 cm³/mol. The number of aromatic nitrogens is 2. The minimum absolute atomic E-state index is 0.249. The molecular weight excluding hydrogens is 266 g/mol. The number of hydrogen-bond acceptors (Lipinski definition) is 5. The van der Waals surface area contributed by atoms with Crippen molar-refractivity contribution in [3.8, 4) is 6.07 Å². The van der Waals surface area contributed by atoms with Gasteiger partial charge in [-0.05, 0) is 23.8 Å². The Morgan fingerprint density at radius 3 is 2.90 bits per heavy atom. The van der Waals surface area contributed by atoms with E-state index < -0.39 is 0 Å². The van der Waals surface area contributed by atoms with Crippen LogP contribution in [0.1, 0.15) is 22.5 Å². The lowest BCUT2D eigenvalue weighted by atomic mass is 10.2. The maximum atomic E-state index is 12.5. The van der Waals surface area contributed by atoms with Gasteiger partial charge < -0.3 is 10.6 Å². The summed E-state index contributed by atoms with van der Waals surface area (Å²) in [7, 11) is 0. The van der Waals surface area contributed by atoms with Crippen LogP contribution in [0.5, 0.6) is 0 Å².